The molecule has 250 valence electrons. The van der Waals surface area contributed by atoms with E-state index in [1.54, 1.807) is 6.07 Å². The Morgan fingerprint density at radius 1 is 1.04 bits per heavy atom. The molecule has 4 aromatic rings. The average molecular weight is 679 g/mol. The number of nitrogens with one attached hydrogen (secondary N) is 2. The molecule has 0 aliphatic carbocycles. The average Bonchev–Trinajstić information content (AvgIpc) is 3.51. The molecule has 0 radical (unpaired) electrons. The minimum atomic E-state index is -4.81. The van der Waals surface area contributed by atoms with Crippen molar-refractivity contribution in [2.45, 2.75) is 63.5 Å². The van der Waals surface area contributed by atoms with Crippen LogP contribution < -0.4 is 20.3 Å². The molecule has 15 heteroatoms. The van der Waals surface area contributed by atoms with Gasteiger partial charge in [-0.05, 0) is 78.6 Å². The lowest BCUT2D eigenvalue weighted by atomic mass is 9.99. The van der Waals surface area contributed by atoms with E-state index in [4.69, 9.17) is 0 Å². The fraction of sp³-hybridized carbons (Fsp3) is 0.344. The third-order valence-corrected chi connectivity index (χ3v) is 8.66. The molecule has 1 aliphatic heterocycles. The monoisotopic (exact) mass is 678 g/mol. The number of hydrogen-bond donors (Lipinski definition) is 2. The number of thioether (sulfide) groups is 1. The Labute approximate surface area is 271 Å². The van der Waals surface area contributed by atoms with E-state index in [0.717, 1.165) is 35.6 Å². The second kappa shape index (κ2) is 14.2. The second-order valence-corrected chi connectivity index (χ2v) is 12.4. The summed E-state index contributed by atoms with van der Waals surface area (Å²) in [6, 6.07) is 14.3. The normalized spacial score (nSPS) is 18.1. The van der Waals surface area contributed by atoms with Gasteiger partial charge in [-0.2, -0.15) is 0 Å². The number of carbonyl (C=O) groups is 1. The molecule has 1 saturated heterocycles. The molecule has 2 heterocycles. The fourth-order valence-corrected chi connectivity index (χ4v) is 6.53. The minimum Gasteiger partial charge on any atom is -0.406 e. The van der Waals surface area contributed by atoms with E-state index >= 15 is 8.78 Å². The van der Waals surface area contributed by atoms with Gasteiger partial charge < -0.3 is 20.3 Å². The molecule has 3 aromatic carbocycles. The highest BCUT2D eigenvalue weighted by molar-refractivity contribution is 8.00. The first-order valence-corrected chi connectivity index (χ1v) is 15.8. The highest BCUT2D eigenvalue weighted by Gasteiger charge is 2.33. The van der Waals surface area contributed by atoms with Crippen molar-refractivity contribution in [3.63, 3.8) is 0 Å². The van der Waals surface area contributed by atoms with Gasteiger partial charge in [0.2, 0.25) is 6.30 Å². The van der Waals surface area contributed by atoms with Crippen molar-refractivity contribution in [1.82, 2.24) is 25.4 Å². The van der Waals surface area contributed by atoms with Crippen molar-refractivity contribution in [3.8, 4) is 22.8 Å². The Balaban J connectivity index is 1.21. The fourth-order valence-electron chi connectivity index (χ4n) is 5.16. The lowest BCUT2D eigenvalue weighted by Crippen LogP contribution is -2.56. The van der Waals surface area contributed by atoms with E-state index < -0.39 is 30.4 Å². The lowest BCUT2D eigenvalue weighted by Gasteiger charge is -2.43. The number of hydrogen-bond acceptors (Lipinski definition) is 6. The number of alkyl halides is 5. The third-order valence-electron chi connectivity index (χ3n) is 7.52. The van der Waals surface area contributed by atoms with Gasteiger partial charge in [0.15, 0.2) is 17.5 Å². The molecule has 0 spiro atoms. The predicted molar refractivity (Wildman–Crippen MR) is 167 cm³/mol. The van der Waals surface area contributed by atoms with Crippen LogP contribution in [0.15, 0.2) is 73.1 Å². The molecule has 1 aromatic heterocycles. The van der Waals surface area contributed by atoms with Crippen LogP contribution in [0.3, 0.4) is 0 Å². The maximum Gasteiger partial charge on any atom is 0.573 e. The highest BCUT2D eigenvalue weighted by atomic mass is 32.2. The van der Waals surface area contributed by atoms with Gasteiger partial charge in [0, 0.05) is 17.3 Å². The van der Waals surface area contributed by atoms with Crippen LogP contribution in [0.1, 0.15) is 50.4 Å². The van der Waals surface area contributed by atoms with Crippen molar-refractivity contribution in [2.24, 2.45) is 0 Å². The van der Waals surface area contributed by atoms with E-state index in [0.29, 0.717) is 11.3 Å². The van der Waals surface area contributed by atoms with E-state index in [1.807, 2.05) is 25.7 Å². The van der Waals surface area contributed by atoms with Gasteiger partial charge in [0.1, 0.15) is 17.9 Å². The quantitative estimate of drug-likeness (QED) is 0.138. The Bertz CT molecular complexity index is 1670. The maximum absolute atomic E-state index is 15.2. The Morgan fingerprint density at radius 3 is 2.40 bits per heavy atom. The summed E-state index contributed by atoms with van der Waals surface area (Å²) in [5.74, 6) is 0.233. The molecule has 0 bridgehead atoms. The van der Waals surface area contributed by atoms with E-state index in [9.17, 15) is 22.4 Å². The number of nitrogens with zero attached hydrogens (tertiary/aromatic N) is 4. The van der Waals surface area contributed by atoms with Crippen LogP contribution in [0.4, 0.5) is 36.8 Å². The largest absolute Gasteiger partial charge is 0.573 e. The molecule has 1 fully saturated rings. The number of urea groups is 1. The van der Waals surface area contributed by atoms with Crippen molar-refractivity contribution in [2.75, 3.05) is 10.7 Å². The first kappa shape index (κ1) is 33.9. The maximum atomic E-state index is 15.2. The van der Waals surface area contributed by atoms with Gasteiger partial charge in [-0.25, -0.2) is 27.6 Å². The van der Waals surface area contributed by atoms with Gasteiger partial charge in [-0.1, -0.05) is 38.1 Å². The summed E-state index contributed by atoms with van der Waals surface area (Å²) in [6.07, 6.45) is -7.18. The third kappa shape index (κ3) is 8.31. The van der Waals surface area contributed by atoms with Crippen molar-refractivity contribution in [3.05, 3.63) is 90.0 Å². The first-order chi connectivity index (χ1) is 22.3. The summed E-state index contributed by atoms with van der Waals surface area (Å²) in [5, 5.41) is 9.09. The summed E-state index contributed by atoms with van der Waals surface area (Å²) >= 11 is 1.44. The van der Waals surface area contributed by atoms with Crippen LogP contribution in [-0.2, 0) is 0 Å². The summed E-state index contributed by atoms with van der Waals surface area (Å²) in [4.78, 5) is 19.0. The van der Waals surface area contributed by atoms with Crippen LogP contribution in [0.5, 0.6) is 5.75 Å². The summed E-state index contributed by atoms with van der Waals surface area (Å²) in [5.41, 5.74) is 1.81. The lowest BCUT2D eigenvalue weighted by molar-refractivity contribution is -0.274. The van der Waals surface area contributed by atoms with Crippen molar-refractivity contribution >= 4 is 23.5 Å². The van der Waals surface area contributed by atoms with Gasteiger partial charge >= 0.3 is 12.4 Å². The number of rotatable bonds is 9. The summed E-state index contributed by atoms with van der Waals surface area (Å²) < 4.78 is 86.7. The Hall–Kier alpha value is -4.40. The summed E-state index contributed by atoms with van der Waals surface area (Å²) in [6.45, 7) is 5.89. The van der Waals surface area contributed by atoms with E-state index in [1.165, 1.54) is 71.3 Å². The SMILES string of the molecule is CC(C)c1cc(F)ccc1N1C(C)CCSC1NC(=O)NC(F)C(F)c1ccc(-c2ncn(-c3ccc(OC(F)(F)F)cc3)n2)cc1. The molecule has 8 nitrogen and oxygen atoms in total. The second-order valence-electron chi connectivity index (χ2n) is 11.2. The molecule has 4 unspecified atom stereocenters. The van der Waals surface area contributed by atoms with Crippen LogP contribution in [0, 0.1) is 5.82 Å². The Morgan fingerprint density at radius 2 is 1.74 bits per heavy atom. The molecule has 4 atom stereocenters. The molecule has 2 amide bonds. The molecule has 5 rings (SSSR count). The number of amides is 2. The van der Waals surface area contributed by atoms with E-state index in [-0.39, 0.29) is 34.9 Å². The highest BCUT2D eigenvalue weighted by Crippen LogP contribution is 2.37. The number of ether oxygens (including phenoxy) is 1. The van der Waals surface area contributed by atoms with Crippen LogP contribution in [-0.4, -0.2) is 50.7 Å². The first-order valence-electron chi connectivity index (χ1n) is 14.7. The molecule has 1 aliphatic rings. The number of carbonyl (C=O) groups excluding carboxylic acids is 1. The molecule has 0 saturated carbocycles. The zero-order valence-electron chi connectivity index (χ0n) is 25.5. The topological polar surface area (TPSA) is 84.3 Å². The van der Waals surface area contributed by atoms with Crippen LogP contribution in [0.25, 0.3) is 17.1 Å². The minimum absolute atomic E-state index is 0.00238. The molecular weight excluding hydrogens is 646 g/mol. The number of anilines is 1. The zero-order chi connectivity index (χ0) is 33.9. The Kier molecular flexibility index (Phi) is 10.2. The van der Waals surface area contributed by atoms with Gasteiger partial charge in [-0.15, -0.1) is 30.0 Å². The van der Waals surface area contributed by atoms with E-state index in [2.05, 4.69) is 25.5 Å². The van der Waals surface area contributed by atoms with Gasteiger partial charge in [0.25, 0.3) is 0 Å². The number of aromatic nitrogens is 3. The molecule has 2 N–H and O–H groups in total. The number of benzene rings is 3. The standard InChI is InChI=1S/C32H32F6N6O2S/c1-18(2)25-16-22(33)8-13-26(25)44-19(3)14-15-47-31(44)41-30(45)40-28(35)27(34)20-4-6-21(7-5-20)29-39-17-43(42-29)23-9-11-24(12-10-23)46-32(36,37)38/h4-13,16-19,27-28,31H,14-15H2,1-3H3,(H2,40,41,45). The van der Waals surface area contributed by atoms with Gasteiger partial charge in [-0.3, -0.25) is 0 Å². The predicted octanol–water partition coefficient (Wildman–Crippen LogP) is 8.02. The molecular formula is C32H32F6N6O2S. The smallest absolute Gasteiger partial charge is 0.406 e. The van der Waals surface area contributed by atoms with Gasteiger partial charge in [0.05, 0.1) is 5.69 Å². The number of halogens is 6. The molecule has 47 heavy (non-hydrogen) atoms. The van der Waals surface area contributed by atoms with Crippen LogP contribution >= 0.6 is 11.8 Å². The summed E-state index contributed by atoms with van der Waals surface area (Å²) in [7, 11) is 0. The van der Waals surface area contributed by atoms with Crippen molar-refractivity contribution in [1.29, 1.82) is 0 Å². The van der Waals surface area contributed by atoms with Crippen molar-refractivity contribution < 1.29 is 35.9 Å². The zero-order valence-corrected chi connectivity index (χ0v) is 26.3. The van der Waals surface area contributed by atoms with Crippen LogP contribution in [0.2, 0.25) is 0 Å².